The number of aromatic nitrogens is 2. The predicted octanol–water partition coefficient (Wildman–Crippen LogP) is 3.23. The highest BCUT2D eigenvalue weighted by atomic mass is 16.3. The molecule has 120 valence electrons. The Kier molecular flexibility index (Phi) is 4.74. The largest absolute Gasteiger partial charge is 0.467 e. The third-order valence-electron chi connectivity index (χ3n) is 3.39. The van der Waals surface area contributed by atoms with E-state index in [1.807, 2.05) is 36.7 Å². The lowest BCUT2D eigenvalue weighted by molar-refractivity contribution is -0.122. The average Bonchev–Trinajstić information content (AvgIpc) is 2.98. The van der Waals surface area contributed by atoms with Crippen LogP contribution in [0.5, 0.6) is 0 Å². The Morgan fingerprint density at radius 2 is 2.14 bits per heavy atom. The topological polar surface area (TPSA) is 60.1 Å². The summed E-state index contributed by atoms with van der Waals surface area (Å²) in [5, 5.41) is 7.53. The number of rotatable bonds is 5. The van der Waals surface area contributed by atoms with Crippen LogP contribution in [0.4, 0.5) is 0 Å². The first-order valence-corrected chi connectivity index (χ1v) is 7.59. The molecule has 1 N–H and O–H groups in total. The van der Waals surface area contributed by atoms with Gasteiger partial charge in [-0.2, -0.15) is 5.10 Å². The molecule has 0 spiro atoms. The molecule has 2 rings (SSSR count). The zero-order valence-electron chi connectivity index (χ0n) is 14.0. The molecule has 1 unspecified atom stereocenters. The van der Waals surface area contributed by atoms with Crippen LogP contribution in [0.3, 0.4) is 0 Å². The summed E-state index contributed by atoms with van der Waals surface area (Å²) in [4.78, 5) is 12.1. The molecule has 2 aromatic heterocycles. The number of nitrogens with one attached hydrogen (secondary N) is 1. The van der Waals surface area contributed by atoms with Crippen LogP contribution in [0.1, 0.15) is 50.4 Å². The molecule has 0 aliphatic heterocycles. The molecular formula is C17H25N3O2. The molecule has 22 heavy (non-hydrogen) atoms. The van der Waals surface area contributed by atoms with Crippen molar-refractivity contribution in [3.63, 3.8) is 0 Å². The van der Waals surface area contributed by atoms with Crippen LogP contribution in [0.2, 0.25) is 0 Å². The number of furan rings is 1. The van der Waals surface area contributed by atoms with E-state index in [0.29, 0.717) is 13.0 Å². The number of nitrogens with zero attached hydrogens (tertiary/aromatic N) is 2. The van der Waals surface area contributed by atoms with Crippen LogP contribution >= 0.6 is 0 Å². The van der Waals surface area contributed by atoms with Gasteiger partial charge in [0, 0.05) is 18.7 Å². The van der Waals surface area contributed by atoms with Crippen LogP contribution in [0, 0.1) is 19.3 Å². The van der Waals surface area contributed by atoms with Gasteiger partial charge < -0.3 is 9.73 Å². The van der Waals surface area contributed by atoms with Crippen molar-refractivity contribution >= 4 is 5.91 Å². The predicted molar refractivity (Wildman–Crippen MR) is 85.6 cm³/mol. The first-order chi connectivity index (χ1) is 10.3. The summed E-state index contributed by atoms with van der Waals surface area (Å²) < 4.78 is 7.44. The van der Waals surface area contributed by atoms with Crippen LogP contribution < -0.4 is 5.32 Å². The van der Waals surface area contributed by atoms with Gasteiger partial charge in [-0.3, -0.25) is 9.48 Å². The molecule has 0 saturated carbocycles. The Morgan fingerprint density at radius 1 is 1.41 bits per heavy atom. The molecule has 0 saturated heterocycles. The van der Waals surface area contributed by atoms with E-state index in [9.17, 15) is 4.79 Å². The van der Waals surface area contributed by atoms with Gasteiger partial charge in [-0.25, -0.2) is 0 Å². The highest BCUT2D eigenvalue weighted by Crippen LogP contribution is 2.21. The standard InChI is InChI=1S/C17H25N3O2/c1-12-9-13(2)20(19-12)14(15-7-6-8-22-15)11-18-16(21)10-17(3,4)5/h6-9,14H,10-11H2,1-5H3,(H,18,21). The zero-order valence-corrected chi connectivity index (χ0v) is 14.0. The fourth-order valence-electron chi connectivity index (χ4n) is 2.50. The van der Waals surface area contributed by atoms with E-state index < -0.39 is 0 Å². The third-order valence-corrected chi connectivity index (χ3v) is 3.39. The molecular weight excluding hydrogens is 278 g/mol. The fraction of sp³-hybridized carbons (Fsp3) is 0.529. The number of carbonyl (C=O) groups is 1. The minimum atomic E-state index is -0.132. The van der Waals surface area contributed by atoms with Gasteiger partial charge in [-0.1, -0.05) is 20.8 Å². The molecule has 1 amide bonds. The minimum absolute atomic E-state index is 0.0253. The Morgan fingerprint density at radius 3 is 2.64 bits per heavy atom. The van der Waals surface area contributed by atoms with Crippen molar-refractivity contribution in [1.82, 2.24) is 15.1 Å². The maximum Gasteiger partial charge on any atom is 0.220 e. The van der Waals surface area contributed by atoms with E-state index in [-0.39, 0.29) is 17.4 Å². The van der Waals surface area contributed by atoms with Crippen LogP contribution in [-0.2, 0) is 4.79 Å². The van der Waals surface area contributed by atoms with Crippen molar-refractivity contribution in [3.8, 4) is 0 Å². The summed E-state index contributed by atoms with van der Waals surface area (Å²) >= 11 is 0. The first kappa shape index (κ1) is 16.3. The van der Waals surface area contributed by atoms with Gasteiger partial charge in [0.15, 0.2) is 0 Å². The summed E-state index contributed by atoms with van der Waals surface area (Å²) in [6.07, 6.45) is 2.14. The van der Waals surface area contributed by atoms with E-state index in [2.05, 4.69) is 31.2 Å². The van der Waals surface area contributed by atoms with Gasteiger partial charge in [-0.15, -0.1) is 0 Å². The molecule has 2 aromatic rings. The van der Waals surface area contributed by atoms with Crippen molar-refractivity contribution < 1.29 is 9.21 Å². The van der Waals surface area contributed by atoms with Crippen LogP contribution in [-0.4, -0.2) is 22.2 Å². The van der Waals surface area contributed by atoms with Gasteiger partial charge in [0.25, 0.3) is 0 Å². The number of carbonyl (C=O) groups excluding carboxylic acids is 1. The van der Waals surface area contributed by atoms with Gasteiger partial charge >= 0.3 is 0 Å². The first-order valence-electron chi connectivity index (χ1n) is 7.59. The van der Waals surface area contributed by atoms with Crippen molar-refractivity contribution in [2.24, 2.45) is 5.41 Å². The van der Waals surface area contributed by atoms with Crippen molar-refractivity contribution in [2.75, 3.05) is 6.54 Å². The molecule has 1 atom stereocenters. The summed E-state index contributed by atoms with van der Waals surface area (Å²) in [5.74, 6) is 0.841. The average molecular weight is 303 g/mol. The SMILES string of the molecule is Cc1cc(C)n(C(CNC(=O)CC(C)(C)C)c2ccco2)n1. The second-order valence-electron chi connectivity index (χ2n) is 6.94. The summed E-state index contributed by atoms with van der Waals surface area (Å²) in [7, 11) is 0. The van der Waals surface area contributed by atoms with Gasteiger partial charge in [0.1, 0.15) is 11.8 Å². The van der Waals surface area contributed by atoms with Crippen molar-refractivity contribution in [1.29, 1.82) is 0 Å². The van der Waals surface area contributed by atoms with Gasteiger partial charge in [-0.05, 0) is 37.5 Å². The molecule has 5 nitrogen and oxygen atoms in total. The van der Waals surface area contributed by atoms with Crippen LogP contribution in [0.25, 0.3) is 0 Å². The zero-order chi connectivity index (χ0) is 16.3. The van der Waals surface area contributed by atoms with E-state index in [4.69, 9.17) is 4.42 Å². The van der Waals surface area contributed by atoms with E-state index >= 15 is 0 Å². The highest BCUT2D eigenvalue weighted by Gasteiger charge is 2.22. The Labute approximate surface area is 131 Å². The molecule has 0 aliphatic rings. The number of aryl methyl sites for hydroxylation is 2. The number of hydrogen-bond donors (Lipinski definition) is 1. The maximum atomic E-state index is 12.1. The summed E-state index contributed by atoms with van der Waals surface area (Å²) in [6.45, 7) is 10.6. The van der Waals surface area contributed by atoms with Gasteiger partial charge in [0.05, 0.1) is 12.0 Å². The Balaban J connectivity index is 2.14. The number of amides is 1. The second-order valence-corrected chi connectivity index (χ2v) is 6.94. The lowest BCUT2D eigenvalue weighted by atomic mass is 9.92. The third kappa shape index (κ3) is 4.23. The summed E-state index contributed by atoms with van der Waals surface area (Å²) in [5.41, 5.74) is 1.97. The van der Waals surface area contributed by atoms with Crippen LogP contribution in [0.15, 0.2) is 28.9 Å². The fourth-order valence-corrected chi connectivity index (χ4v) is 2.50. The van der Waals surface area contributed by atoms with Crippen molar-refractivity contribution in [2.45, 2.75) is 47.1 Å². The highest BCUT2D eigenvalue weighted by molar-refractivity contribution is 5.76. The molecule has 0 radical (unpaired) electrons. The lowest BCUT2D eigenvalue weighted by Crippen LogP contribution is -2.34. The van der Waals surface area contributed by atoms with Crippen molar-refractivity contribution in [3.05, 3.63) is 41.6 Å². The molecule has 5 heteroatoms. The smallest absolute Gasteiger partial charge is 0.220 e. The van der Waals surface area contributed by atoms with E-state index in [0.717, 1.165) is 17.1 Å². The normalized spacial score (nSPS) is 13.1. The monoisotopic (exact) mass is 303 g/mol. The summed E-state index contributed by atoms with van der Waals surface area (Å²) in [6, 6.07) is 5.65. The molecule has 0 fully saturated rings. The Hall–Kier alpha value is -2.04. The number of hydrogen-bond acceptors (Lipinski definition) is 3. The molecule has 0 bridgehead atoms. The quantitative estimate of drug-likeness (QED) is 0.922. The second kappa shape index (κ2) is 6.38. The molecule has 2 heterocycles. The lowest BCUT2D eigenvalue weighted by Gasteiger charge is -2.21. The Bertz CT molecular complexity index is 621. The minimum Gasteiger partial charge on any atom is -0.467 e. The van der Waals surface area contributed by atoms with Gasteiger partial charge in [0.2, 0.25) is 5.91 Å². The molecule has 0 aromatic carbocycles. The van der Waals surface area contributed by atoms with E-state index in [1.165, 1.54) is 0 Å². The van der Waals surface area contributed by atoms with E-state index in [1.54, 1.807) is 6.26 Å². The maximum absolute atomic E-state index is 12.1. The molecule has 0 aliphatic carbocycles.